The Morgan fingerprint density at radius 3 is 2.36 bits per heavy atom. The van der Waals surface area contributed by atoms with Crippen molar-refractivity contribution in [3.8, 4) is 0 Å². The Kier molecular flexibility index (Phi) is 6.69. The van der Waals surface area contributed by atoms with Gasteiger partial charge >= 0.3 is 12.1 Å². The number of ether oxygens (including phenoxy) is 2. The topological polar surface area (TPSA) is 99.0 Å². The molecule has 2 aromatic carbocycles. The number of benzene rings is 2. The van der Waals surface area contributed by atoms with E-state index >= 15 is 0 Å². The van der Waals surface area contributed by atoms with Gasteiger partial charge in [-0.2, -0.15) is 0 Å². The van der Waals surface area contributed by atoms with Crippen LogP contribution in [0.25, 0.3) is 0 Å². The van der Waals surface area contributed by atoms with Gasteiger partial charge in [0.1, 0.15) is 11.7 Å². The Hall–Kier alpha value is -2.94. The first kappa shape index (κ1) is 23.2. The third kappa shape index (κ3) is 5.19. The lowest BCUT2D eigenvalue weighted by Crippen LogP contribution is -2.52. The summed E-state index contributed by atoms with van der Waals surface area (Å²) in [4.78, 5) is 37.2. The van der Waals surface area contributed by atoms with Gasteiger partial charge in [0, 0.05) is 29.6 Å². The fourth-order valence-corrected chi connectivity index (χ4v) is 4.77. The van der Waals surface area contributed by atoms with Gasteiger partial charge in [0.15, 0.2) is 0 Å². The molecule has 1 amide bonds. The smallest absolute Gasteiger partial charge is 0.410 e. The first-order chi connectivity index (χ1) is 15.8. The molecule has 174 valence electrons. The molecule has 8 nitrogen and oxygen atoms in total. The molecule has 1 atom stereocenters. The number of carbonyl (C=O) groups is 2. The van der Waals surface area contributed by atoms with Crippen molar-refractivity contribution in [2.75, 3.05) is 6.54 Å². The van der Waals surface area contributed by atoms with E-state index in [1.54, 1.807) is 4.90 Å². The molecule has 2 aromatic rings. The van der Waals surface area contributed by atoms with Crippen molar-refractivity contribution in [3.63, 3.8) is 0 Å². The lowest BCUT2D eigenvalue weighted by molar-refractivity contribution is -0.384. The molecular formula is C24H25BrN2O6. The normalized spacial score (nSPS) is 23.6. The van der Waals surface area contributed by atoms with Crippen LogP contribution < -0.4 is 0 Å². The summed E-state index contributed by atoms with van der Waals surface area (Å²) in [7, 11) is 0. The maximum atomic E-state index is 12.8. The second-order valence-corrected chi connectivity index (χ2v) is 9.55. The van der Waals surface area contributed by atoms with Gasteiger partial charge in [-0.3, -0.25) is 10.1 Å². The van der Waals surface area contributed by atoms with Crippen LogP contribution in [-0.2, 0) is 9.47 Å². The summed E-state index contributed by atoms with van der Waals surface area (Å²) in [6.45, 7) is 2.61. The van der Waals surface area contributed by atoms with E-state index in [0.717, 1.165) is 16.5 Å². The molecule has 2 aliphatic rings. The van der Waals surface area contributed by atoms with Crippen LogP contribution in [0.2, 0.25) is 0 Å². The Morgan fingerprint density at radius 1 is 1.15 bits per heavy atom. The molecule has 4 rings (SSSR count). The van der Waals surface area contributed by atoms with E-state index in [0.29, 0.717) is 32.2 Å². The maximum absolute atomic E-state index is 12.8. The largest absolute Gasteiger partial charge is 0.459 e. The van der Waals surface area contributed by atoms with Gasteiger partial charge in [-0.05, 0) is 62.4 Å². The first-order valence-corrected chi connectivity index (χ1v) is 11.8. The molecule has 1 spiro atoms. The number of nitro benzene ring substituents is 1. The highest BCUT2D eigenvalue weighted by Crippen LogP contribution is 2.40. The Bertz CT molecular complexity index is 1030. The number of esters is 1. The third-order valence-corrected chi connectivity index (χ3v) is 7.13. The van der Waals surface area contributed by atoms with E-state index in [-0.39, 0.29) is 29.5 Å². The summed E-state index contributed by atoms with van der Waals surface area (Å²) in [5.41, 5.74) is 0.743. The molecule has 0 bridgehead atoms. The lowest BCUT2D eigenvalue weighted by atomic mass is 9.80. The number of carbonyl (C=O) groups excluding carboxylic acids is 2. The van der Waals surface area contributed by atoms with Gasteiger partial charge in [-0.1, -0.05) is 28.1 Å². The van der Waals surface area contributed by atoms with Crippen molar-refractivity contribution in [1.82, 2.24) is 4.90 Å². The van der Waals surface area contributed by atoms with Crippen molar-refractivity contribution in [2.45, 2.75) is 56.8 Å². The number of non-ortho nitro benzene ring substituents is 1. The molecule has 0 unspecified atom stereocenters. The minimum Gasteiger partial charge on any atom is -0.459 e. The number of rotatable bonds is 5. The van der Waals surface area contributed by atoms with Crippen LogP contribution in [0.15, 0.2) is 53.0 Å². The number of nitrogens with zero attached hydrogens (tertiary/aromatic N) is 2. The van der Waals surface area contributed by atoms with Crippen molar-refractivity contribution in [2.24, 2.45) is 0 Å². The molecule has 0 N–H and O–H groups in total. The summed E-state index contributed by atoms with van der Waals surface area (Å²) in [5.74, 6) is -0.499. The van der Waals surface area contributed by atoms with E-state index in [1.807, 2.05) is 31.2 Å². The maximum Gasteiger partial charge on any atom is 0.410 e. The monoisotopic (exact) mass is 516 g/mol. The molecular weight excluding hydrogens is 492 g/mol. The number of hydrogen-bond donors (Lipinski definition) is 0. The summed E-state index contributed by atoms with van der Waals surface area (Å²) >= 11 is 3.43. The molecule has 33 heavy (non-hydrogen) atoms. The van der Waals surface area contributed by atoms with Crippen LogP contribution in [0, 0.1) is 10.1 Å². The zero-order valence-electron chi connectivity index (χ0n) is 18.2. The van der Waals surface area contributed by atoms with Crippen molar-refractivity contribution in [1.29, 1.82) is 0 Å². The highest BCUT2D eigenvalue weighted by molar-refractivity contribution is 9.10. The molecule has 9 heteroatoms. The molecule has 2 fully saturated rings. The summed E-state index contributed by atoms with van der Waals surface area (Å²) in [5, 5.41) is 10.8. The van der Waals surface area contributed by atoms with Crippen LogP contribution in [-0.4, -0.2) is 40.1 Å². The van der Waals surface area contributed by atoms with Gasteiger partial charge in [0.25, 0.3) is 5.69 Å². The van der Waals surface area contributed by atoms with Gasteiger partial charge in [-0.25, -0.2) is 9.59 Å². The molecule has 0 radical (unpaired) electrons. The number of halogens is 1. The molecule has 0 aromatic heterocycles. The fourth-order valence-electron chi connectivity index (χ4n) is 4.51. The number of hydrogen-bond acceptors (Lipinski definition) is 6. The molecule has 1 saturated carbocycles. The van der Waals surface area contributed by atoms with E-state index in [2.05, 4.69) is 15.9 Å². The molecule has 1 saturated heterocycles. The van der Waals surface area contributed by atoms with Crippen LogP contribution in [0.4, 0.5) is 10.5 Å². The minimum absolute atomic E-state index is 0.0752. The SMILES string of the molecule is C[C@@H](c1ccc(Br)cc1)N1CCC2(CCC(OC(=O)c3ccc([N+](=O)[O-])cc3)CC2)OC1=O. The third-order valence-electron chi connectivity index (χ3n) is 6.60. The predicted octanol–water partition coefficient (Wildman–Crippen LogP) is 5.80. The van der Waals surface area contributed by atoms with Gasteiger partial charge in [0.05, 0.1) is 16.5 Å². The zero-order valence-corrected chi connectivity index (χ0v) is 19.8. The van der Waals surface area contributed by atoms with Crippen molar-refractivity contribution >= 4 is 33.7 Å². The zero-order chi connectivity index (χ0) is 23.6. The summed E-state index contributed by atoms with van der Waals surface area (Å²) < 4.78 is 12.5. The second-order valence-electron chi connectivity index (χ2n) is 8.63. The predicted molar refractivity (Wildman–Crippen MR) is 124 cm³/mol. The Labute approximate surface area is 200 Å². The number of nitro groups is 1. The Balaban J connectivity index is 1.30. The molecule has 1 aliphatic carbocycles. The fraction of sp³-hybridized carbons (Fsp3) is 0.417. The lowest BCUT2D eigenvalue weighted by Gasteiger charge is -2.46. The quantitative estimate of drug-likeness (QED) is 0.283. The van der Waals surface area contributed by atoms with Gasteiger partial charge in [-0.15, -0.1) is 0 Å². The Morgan fingerprint density at radius 2 is 1.79 bits per heavy atom. The highest BCUT2D eigenvalue weighted by Gasteiger charge is 2.45. The van der Waals surface area contributed by atoms with E-state index < -0.39 is 16.5 Å². The average Bonchev–Trinajstić information content (AvgIpc) is 2.81. The van der Waals surface area contributed by atoms with Crippen molar-refractivity contribution < 1.29 is 24.0 Å². The standard InChI is InChI=1S/C24H25BrN2O6/c1-16(17-2-6-19(25)7-3-17)26-15-14-24(33-23(26)29)12-10-21(11-13-24)32-22(28)18-4-8-20(9-5-18)27(30)31/h2-9,16,21H,10-15H2,1H3/t16-,21?,24?/m0/s1. The second kappa shape index (κ2) is 9.51. The summed E-state index contributed by atoms with van der Waals surface area (Å²) in [6.07, 6.45) is 2.65. The van der Waals surface area contributed by atoms with E-state index in [4.69, 9.17) is 9.47 Å². The molecule has 1 aliphatic heterocycles. The van der Waals surface area contributed by atoms with Crippen LogP contribution >= 0.6 is 15.9 Å². The molecule has 1 heterocycles. The van der Waals surface area contributed by atoms with Gasteiger partial charge < -0.3 is 14.4 Å². The highest BCUT2D eigenvalue weighted by atomic mass is 79.9. The minimum atomic E-state index is -0.512. The van der Waals surface area contributed by atoms with E-state index in [1.165, 1.54) is 24.3 Å². The van der Waals surface area contributed by atoms with Crippen LogP contribution in [0.3, 0.4) is 0 Å². The average molecular weight is 517 g/mol. The van der Waals surface area contributed by atoms with Crippen LogP contribution in [0.5, 0.6) is 0 Å². The van der Waals surface area contributed by atoms with E-state index in [9.17, 15) is 19.7 Å². The van der Waals surface area contributed by atoms with Crippen molar-refractivity contribution in [3.05, 3.63) is 74.2 Å². The van der Waals surface area contributed by atoms with Crippen LogP contribution in [0.1, 0.15) is 61.0 Å². The number of amides is 1. The summed E-state index contributed by atoms with van der Waals surface area (Å²) in [6, 6.07) is 13.2. The van der Waals surface area contributed by atoms with Gasteiger partial charge in [0.2, 0.25) is 0 Å². The first-order valence-electron chi connectivity index (χ1n) is 11.0.